The molecule has 18 heavy (non-hydrogen) atoms. The van der Waals surface area contributed by atoms with Gasteiger partial charge in [0, 0.05) is 5.69 Å². The summed E-state index contributed by atoms with van der Waals surface area (Å²) in [5.74, 6) is -0.732. The monoisotopic (exact) mass is 250 g/mol. The van der Waals surface area contributed by atoms with Crippen LogP contribution in [0.25, 0.3) is 0 Å². The average molecular weight is 250 g/mol. The zero-order valence-corrected chi connectivity index (χ0v) is 10.8. The first kappa shape index (κ1) is 14.2. The van der Waals surface area contributed by atoms with Crippen molar-refractivity contribution in [2.45, 2.75) is 25.8 Å². The Morgan fingerprint density at radius 2 is 2.11 bits per heavy atom. The van der Waals surface area contributed by atoms with Crippen LogP contribution in [0.1, 0.15) is 30.6 Å². The van der Waals surface area contributed by atoms with Crippen LogP contribution >= 0.6 is 0 Å². The van der Waals surface area contributed by atoms with Gasteiger partial charge in [0.1, 0.15) is 0 Å². The van der Waals surface area contributed by atoms with Gasteiger partial charge in [-0.2, -0.15) is 0 Å². The third kappa shape index (κ3) is 3.30. The minimum Gasteiger partial charge on any atom is -0.465 e. The summed E-state index contributed by atoms with van der Waals surface area (Å²) in [6, 6.07) is 6.52. The Hall–Kier alpha value is -1.88. The van der Waals surface area contributed by atoms with Crippen LogP contribution in [0, 0.1) is 0 Å². The molecule has 1 aromatic rings. The van der Waals surface area contributed by atoms with E-state index < -0.39 is 11.5 Å². The summed E-state index contributed by atoms with van der Waals surface area (Å²) in [6.45, 7) is 3.50. The third-order valence-electron chi connectivity index (χ3n) is 2.79. The van der Waals surface area contributed by atoms with Gasteiger partial charge in [-0.05, 0) is 31.5 Å². The van der Waals surface area contributed by atoms with E-state index in [1.54, 1.807) is 31.2 Å². The molecule has 0 aliphatic carbocycles. The fourth-order valence-corrected chi connectivity index (χ4v) is 1.28. The van der Waals surface area contributed by atoms with Crippen molar-refractivity contribution in [2.75, 3.05) is 12.4 Å². The van der Waals surface area contributed by atoms with Gasteiger partial charge in [0.15, 0.2) is 0 Å². The predicted molar refractivity (Wildman–Crippen MR) is 69.3 cm³/mol. The lowest BCUT2D eigenvalue weighted by molar-refractivity contribution is -0.120. The van der Waals surface area contributed by atoms with Crippen molar-refractivity contribution in [3.63, 3.8) is 0 Å². The van der Waals surface area contributed by atoms with Gasteiger partial charge in [0.25, 0.3) is 0 Å². The number of methoxy groups -OCH3 is 1. The van der Waals surface area contributed by atoms with Crippen molar-refractivity contribution < 1.29 is 14.3 Å². The zero-order valence-electron chi connectivity index (χ0n) is 10.8. The molecule has 0 aliphatic rings. The number of hydrogen-bond donors (Lipinski definition) is 2. The number of carbonyl (C=O) groups excluding carboxylic acids is 2. The summed E-state index contributed by atoms with van der Waals surface area (Å²) >= 11 is 0. The Morgan fingerprint density at radius 3 is 2.67 bits per heavy atom. The highest BCUT2D eigenvalue weighted by Gasteiger charge is 2.25. The molecule has 1 unspecified atom stereocenters. The van der Waals surface area contributed by atoms with Crippen molar-refractivity contribution in [2.24, 2.45) is 5.73 Å². The van der Waals surface area contributed by atoms with Gasteiger partial charge in [0.05, 0.1) is 18.2 Å². The van der Waals surface area contributed by atoms with E-state index in [1.807, 2.05) is 6.92 Å². The highest BCUT2D eigenvalue weighted by molar-refractivity contribution is 5.99. The van der Waals surface area contributed by atoms with Crippen molar-refractivity contribution in [1.29, 1.82) is 0 Å². The van der Waals surface area contributed by atoms with E-state index in [0.717, 1.165) is 0 Å². The molecule has 98 valence electrons. The highest BCUT2D eigenvalue weighted by atomic mass is 16.5. The smallest absolute Gasteiger partial charge is 0.337 e. The molecule has 5 nitrogen and oxygen atoms in total. The Labute approximate surface area is 106 Å². The maximum Gasteiger partial charge on any atom is 0.337 e. The number of rotatable bonds is 4. The fraction of sp³-hybridized carbons (Fsp3) is 0.385. The predicted octanol–water partition coefficient (Wildman–Crippen LogP) is 1.54. The Morgan fingerprint density at radius 1 is 1.44 bits per heavy atom. The lowest BCUT2D eigenvalue weighted by Crippen LogP contribution is -2.47. The Bertz CT molecular complexity index is 455. The second-order valence-corrected chi connectivity index (χ2v) is 4.30. The van der Waals surface area contributed by atoms with Gasteiger partial charge in [-0.15, -0.1) is 0 Å². The number of ether oxygens (including phenoxy) is 1. The molecule has 1 aromatic carbocycles. The van der Waals surface area contributed by atoms with Crippen LogP contribution < -0.4 is 11.1 Å². The molecule has 0 aromatic heterocycles. The lowest BCUT2D eigenvalue weighted by Gasteiger charge is -2.21. The van der Waals surface area contributed by atoms with Crippen LogP contribution in [0.5, 0.6) is 0 Å². The molecule has 0 fully saturated rings. The fourth-order valence-electron chi connectivity index (χ4n) is 1.28. The van der Waals surface area contributed by atoms with Gasteiger partial charge < -0.3 is 15.8 Å². The molecular formula is C13H18N2O3. The molecule has 0 spiro atoms. The van der Waals surface area contributed by atoms with Gasteiger partial charge in [0.2, 0.25) is 5.91 Å². The summed E-state index contributed by atoms with van der Waals surface area (Å²) in [5.41, 5.74) is 5.80. The number of hydrogen-bond acceptors (Lipinski definition) is 4. The SMILES string of the molecule is CCC(C)(N)C(=O)Nc1cccc(C(=O)OC)c1. The summed E-state index contributed by atoms with van der Waals surface area (Å²) < 4.78 is 4.61. The number of anilines is 1. The van der Waals surface area contributed by atoms with Gasteiger partial charge in [-0.3, -0.25) is 4.79 Å². The molecule has 0 saturated heterocycles. The lowest BCUT2D eigenvalue weighted by atomic mass is 9.99. The van der Waals surface area contributed by atoms with Crippen LogP contribution in [-0.2, 0) is 9.53 Å². The van der Waals surface area contributed by atoms with E-state index in [0.29, 0.717) is 17.7 Å². The number of amides is 1. The maximum absolute atomic E-state index is 11.9. The third-order valence-corrected chi connectivity index (χ3v) is 2.79. The first-order valence-electron chi connectivity index (χ1n) is 5.69. The number of esters is 1. The molecule has 0 heterocycles. The molecule has 0 saturated carbocycles. The van der Waals surface area contributed by atoms with Gasteiger partial charge in [-0.1, -0.05) is 13.0 Å². The maximum atomic E-state index is 11.9. The number of nitrogens with one attached hydrogen (secondary N) is 1. The van der Waals surface area contributed by atoms with E-state index in [4.69, 9.17) is 5.73 Å². The first-order chi connectivity index (χ1) is 8.40. The number of benzene rings is 1. The summed E-state index contributed by atoms with van der Waals surface area (Å²) in [5, 5.41) is 2.68. The molecule has 0 bridgehead atoms. The molecular weight excluding hydrogens is 232 g/mol. The van der Waals surface area contributed by atoms with Crippen molar-refractivity contribution in [1.82, 2.24) is 0 Å². The average Bonchev–Trinajstić information content (AvgIpc) is 2.38. The molecule has 1 rings (SSSR count). The van der Waals surface area contributed by atoms with E-state index in [2.05, 4.69) is 10.1 Å². The molecule has 0 aliphatic heterocycles. The van der Waals surface area contributed by atoms with Crippen molar-refractivity contribution in [3.05, 3.63) is 29.8 Å². The molecule has 3 N–H and O–H groups in total. The second-order valence-electron chi connectivity index (χ2n) is 4.30. The van der Waals surface area contributed by atoms with E-state index in [-0.39, 0.29) is 5.91 Å². The highest BCUT2D eigenvalue weighted by Crippen LogP contribution is 2.14. The van der Waals surface area contributed by atoms with Crippen LogP contribution in [-0.4, -0.2) is 24.5 Å². The minimum atomic E-state index is -0.929. The minimum absolute atomic E-state index is 0.285. The summed E-state index contributed by atoms with van der Waals surface area (Å²) in [4.78, 5) is 23.2. The largest absolute Gasteiger partial charge is 0.465 e. The number of nitrogens with two attached hydrogens (primary N) is 1. The zero-order chi connectivity index (χ0) is 13.8. The van der Waals surface area contributed by atoms with Crippen LogP contribution in [0.3, 0.4) is 0 Å². The molecule has 0 radical (unpaired) electrons. The van der Waals surface area contributed by atoms with Crippen molar-refractivity contribution in [3.8, 4) is 0 Å². The standard InChI is InChI=1S/C13H18N2O3/c1-4-13(2,14)12(17)15-10-7-5-6-9(8-10)11(16)18-3/h5-8H,4,14H2,1-3H3,(H,15,17). The molecule has 5 heteroatoms. The Kier molecular flexibility index (Phi) is 4.44. The summed E-state index contributed by atoms with van der Waals surface area (Å²) in [7, 11) is 1.31. The second kappa shape index (κ2) is 5.64. The van der Waals surface area contributed by atoms with Crippen LogP contribution in [0.2, 0.25) is 0 Å². The normalized spacial score (nSPS) is 13.6. The molecule has 1 amide bonds. The topological polar surface area (TPSA) is 81.4 Å². The van der Waals surface area contributed by atoms with E-state index in [9.17, 15) is 9.59 Å². The van der Waals surface area contributed by atoms with Crippen LogP contribution in [0.4, 0.5) is 5.69 Å². The first-order valence-corrected chi connectivity index (χ1v) is 5.69. The Balaban J connectivity index is 2.86. The van der Waals surface area contributed by atoms with E-state index >= 15 is 0 Å². The quantitative estimate of drug-likeness (QED) is 0.794. The number of carbonyl (C=O) groups is 2. The van der Waals surface area contributed by atoms with E-state index in [1.165, 1.54) is 7.11 Å². The molecule has 1 atom stereocenters. The summed E-state index contributed by atoms with van der Waals surface area (Å²) in [6.07, 6.45) is 0.523. The van der Waals surface area contributed by atoms with Crippen molar-refractivity contribution >= 4 is 17.6 Å². The van der Waals surface area contributed by atoms with Gasteiger partial charge >= 0.3 is 5.97 Å². The van der Waals surface area contributed by atoms with Gasteiger partial charge in [-0.25, -0.2) is 4.79 Å². The van der Waals surface area contributed by atoms with Crippen LogP contribution in [0.15, 0.2) is 24.3 Å².